The molecule has 7 heteroatoms. The van der Waals surface area contributed by atoms with E-state index in [9.17, 15) is 9.59 Å². The van der Waals surface area contributed by atoms with Crippen molar-refractivity contribution in [3.8, 4) is 21.8 Å². The molecular formula is C24H17N3O2S2. The van der Waals surface area contributed by atoms with Crippen molar-refractivity contribution in [1.29, 1.82) is 0 Å². The number of carbonyl (C=O) groups is 2. The predicted molar refractivity (Wildman–Crippen MR) is 127 cm³/mol. The van der Waals surface area contributed by atoms with E-state index in [2.05, 4.69) is 10.6 Å². The van der Waals surface area contributed by atoms with Crippen LogP contribution in [-0.4, -0.2) is 22.6 Å². The molecule has 0 atom stereocenters. The Morgan fingerprint density at radius 3 is 2.39 bits per heavy atom. The van der Waals surface area contributed by atoms with E-state index in [-0.39, 0.29) is 11.8 Å². The van der Waals surface area contributed by atoms with Gasteiger partial charge in [-0.05, 0) is 18.2 Å². The molecule has 5 nitrogen and oxygen atoms in total. The van der Waals surface area contributed by atoms with Crippen LogP contribution < -0.4 is 10.6 Å². The van der Waals surface area contributed by atoms with E-state index in [1.54, 1.807) is 6.07 Å². The lowest BCUT2D eigenvalue weighted by Gasteiger charge is -2.17. The second-order valence-corrected chi connectivity index (χ2v) is 8.95. The first-order chi connectivity index (χ1) is 15.2. The Bertz CT molecular complexity index is 1270. The lowest BCUT2D eigenvalue weighted by atomic mass is 10.1. The fraction of sp³-hybridized carbons (Fsp3) is 0.0417. The minimum atomic E-state index is -0.228. The monoisotopic (exact) mass is 443 g/mol. The van der Waals surface area contributed by atoms with E-state index in [1.165, 1.54) is 23.1 Å². The van der Waals surface area contributed by atoms with Gasteiger partial charge in [-0.15, -0.1) is 23.1 Å². The van der Waals surface area contributed by atoms with Crippen molar-refractivity contribution in [2.24, 2.45) is 0 Å². The van der Waals surface area contributed by atoms with Gasteiger partial charge in [0.15, 0.2) is 0 Å². The Balaban J connectivity index is 1.50. The first-order valence-corrected chi connectivity index (χ1v) is 11.5. The standard InChI is InChI=1S/C24H17N3O2S2/c28-20-14-30-19-12-11-17(13-18(19)26-20)25-23(29)22-21(15-7-3-1-4-8-15)27-24(31-22)16-9-5-2-6-10-16/h1-13H,14H2,(H,25,29)(H,26,28). The highest BCUT2D eigenvalue weighted by molar-refractivity contribution is 8.00. The Morgan fingerprint density at radius 1 is 0.935 bits per heavy atom. The third-order valence-electron chi connectivity index (χ3n) is 4.77. The summed E-state index contributed by atoms with van der Waals surface area (Å²) >= 11 is 2.86. The zero-order chi connectivity index (χ0) is 21.2. The molecule has 2 heterocycles. The largest absolute Gasteiger partial charge is 0.324 e. The van der Waals surface area contributed by atoms with E-state index in [4.69, 9.17) is 4.98 Å². The summed E-state index contributed by atoms with van der Waals surface area (Å²) in [5.41, 5.74) is 3.86. The number of thioether (sulfide) groups is 1. The third-order valence-corrected chi connectivity index (χ3v) is 6.95. The molecule has 0 aliphatic carbocycles. The van der Waals surface area contributed by atoms with Crippen LogP contribution in [0.4, 0.5) is 11.4 Å². The number of nitrogens with one attached hydrogen (secondary N) is 2. The van der Waals surface area contributed by atoms with E-state index in [0.29, 0.717) is 22.0 Å². The summed E-state index contributed by atoms with van der Waals surface area (Å²) in [4.78, 5) is 31.3. The normalized spacial score (nSPS) is 12.7. The summed E-state index contributed by atoms with van der Waals surface area (Å²) in [5.74, 6) is 0.137. The molecule has 1 aliphatic rings. The Hall–Kier alpha value is -3.42. The van der Waals surface area contributed by atoms with Crippen LogP contribution in [0.5, 0.6) is 0 Å². The van der Waals surface area contributed by atoms with Crippen LogP contribution in [0.3, 0.4) is 0 Å². The minimum Gasteiger partial charge on any atom is -0.324 e. The SMILES string of the molecule is O=C1CSc2ccc(NC(=O)c3sc(-c4ccccc4)nc3-c3ccccc3)cc2N1. The summed E-state index contributed by atoms with van der Waals surface area (Å²) in [5, 5.41) is 6.61. The van der Waals surface area contributed by atoms with Gasteiger partial charge in [0.25, 0.3) is 5.91 Å². The number of benzene rings is 3. The van der Waals surface area contributed by atoms with E-state index in [1.807, 2.05) is 72.8 Å². The van der Waals surface area contributed by atoms with Crippen molar-refractivity contribution in [3.05, 3.63) is 83.7 Å². The molecule has 5 rings (SSSR count). The fourth-order valence-electron chi connectivity index (χ4n) is 3.32. The van der Waals surface area contributed by atoms with Crippen LogP contribution in [0.2, 0.25) is 0 Å². The van der Waals surface area contributed by atoms with Crippen molar-refractivity contribution < 1.29 is 9.59 Å². The number of fused-ring (bicyclic) bond motifs is 1. The van der Waals surface area contributed by atoms with Crippen LogP contribution in [0.1, 0.15) is 9.67 Å². The van der Waals surface area contributed by atoms with Crippen LogP contribution in [0.15, 0.2) is 83.8 Å². The molecular weight excluding hydrogens is 426 g/mol. The summed E-state index contributed by atoms with van der Waals surface area (Å²) in [7, 11) is 0. The highest BCUT2D eigenvalue weighted by atomic mass is 32.2. The zero-order valence-electron chi connectivity index (χ0n) is 16.3. The van der Waals surface area contributed by atoms with Crippen molar-refractivity contribution in [2.75, 3.05) is 16.4 Å². The van der Waals surface area contributed by atoms with Gasteiger partial charge in [-0.3, -0.25) is 9.59 Å². The van der Waals surface area contributed by atoms with Gasteiger partial charge >= 0.3 is 0 Å². The maximum atomic E-state index is 13.3. The molecule has 0 saturated carbocycles. The molecule has 4 aromatic rings. The second kappa shape index (κ2) is 8.37. The molecule has 0 bridgehead atoms. The fourth-order valence-corrected chi connectivity index (χ4v) is 5.10. The molecule has 0 fully saturated rings. The first-order valence-electron chi connectivity index (χ1n) is 9.67. The Morgan fingerprint density at radius 2 is 1.65 bits per heavy atom. The quantitative estimate of drug-likeness (QED) is 0.420. The third kappa shape index (κ3) is 4.10. The molecule has 1 aliphatic heterocycles. The van der Waals surface area contributed by atoms with Gasteiger partial charge in [-0.25, -0.2) is 4.98 Å². The van der Waals surface area contributed by atoms with E-state index >= 15 is 0 Å². The molecule has 3 aromatic carbocycles. The van der Waals surface area contributed by atoms with Crippen molar-refractivity contribution in [2.45, 2.75) is 4.90 Å². The number of anilines is 2. The molecule has 2 N–H and O–H groups in total. The molecule has 0 saturated heterocycles. The second-order valence-electron chi connectivity index (χ2n) is 6.93. The number of hydrogen-bond acceptors (Lipinski definition) is 5. The molecule has 152 valence electrons. The highest BCUT2D eigenvalue weighted by Crippen LogP contribution is 2.36. The molecule has 2 amide bonds. The number of nitrogens with zero attached hydrogens (tertiary/aromatic N) is 1. The molecule has 31 heavy (non-hydrogen) atoms. The van der Waals surface area contributed by atoms with Gasteiger partial charge in [0.05, 0.1) is 17.1 Å². The summed E-state index contributed by atoms with van der Waals surface area (Å²) in [6.45, 7) is 0. The van der Waals surface area contributed by atoms with Gasteiger partial charge in [0.2, 0.25) is 5.91 Å². The topological polar surface area (TPSA) is 71.1 Å². The van der Waals surface area contributed by atoms with Crippen LogP contribution >= 0.6 is 23.1 Å². The molecule has 0 radical (unpaired) electrons. The predicted octanol–water partition coefficient (Wildman–Crippen LogP) is 5.77. The number of rotatable bonds is 4. The highest BCUT2D eigenvalue weighted by Gasteiger charge is 2.21. The van der Waals surface area contributed by atoms with Crippen molar-refractivity contribution in [3.63, 3.8) is 0 Å². The maximum absolute atomic E-state index is 13.3. The first kappa shape index (κ1) is 19.5. The summed E-state index contributed by atoms with van der Waals surface area (Å²) in [6.07, 6.45) is 0. The summed E-state index contributed by atoms with van der Waals surface area (Å²) in [6, 6.07) is 25.1. The lowest BCUT2D eigenvalue weighted by Crippen LogP contribution is -2.19. The number of hydrogen-bond donors (Lipinski definition) is 2. The van der Waals surface area contributed by atoms with Crippen molar-refractivity contribution in [1.82, 2.24) is 4.98 Å². The number of amides is 2. The Kier molecular flexibility index (Phi) is 5.28. The van der Waals surface area contributed by atoms with Gasteiger partial charge in [-0.2, -0.15) is 0 Å². The van der Waals surface area contributed by atoms with Gasteiger partial charge < -0.3 is 10.6 Å². The average molecular weight is 444 g/mol. The summed E-state index contributed by atoms with van der Waals surface area (Å²) < 4.78 is 0. The van der Waals surface area contributed by atoms with Gasteiger partial charge in [0.1, 0.15) is 9.88 Å². The van der Waals surface area contributed by atoms with E-state index < -0.39 is 0 Å². The minimum absolute atomic E-state index is 0.0395. The van der Waals surface area contributed by atoms with E-state index in [0.717, 1.165) is 26.7 Å². The van der Waals surface area contributed by atoms with Gasteiger partial charge in [0, 0.05) is 21.7 Å². The molecule has 0 unspecified atom stereocenters. The number of carbonyl (C=O) groups excluding carboxylic acids is 2. The zero-order valence-corrected chi connectivity index (χ0v) is 17.9. The Labute approximate surface area is 187 Å². The maximum Gasteiger partial charge on any atom is 0.268 e. The molecule has 1 aromatic heterocycles. The average Bonchev–Trinajstić information content (AvgIpc) is 3.26. The van der Waals surface area contributed by atoms with Crippen LogP contribution in [0, 0.1) is 0 Å². The number of aromatic nitrogens is 1. The van der Waals surface area contributed by atoms with Crippen LogP contribution in [-0.2, 0) is 4.79 Å². The lowest BCUT2D eigenvalue weighted by molar-refractivity contribution is -0.113. The molecule has 0 spiro atoms. The number of thiazole rings is 1. The van der Waals surface area contributed by atoms with Crippen LogP contribution in [0.25, 0.3) is 21.8 Å². The smallest absolute Gasteiger partial charge is 0.268 e. The van der Waals surface area contributed by atoms with Gasteiger partial charge in [-0.1, -0.05) is 60.7 Å². The van der Waals surface area contributed by atoms with Crippen molar-refractivity contribution >= 4 is 46.3 Å².